The van der Waals surface area contributed by atoms with Crippen LogP contribution in [0.1, 0.15) is 20.8 Å². The van der Waals surface area contributed by atoms with Gasteiger partial charge in [0, 0.05) is 5.92 Å². The van der Waals surface area contributed by atoms with Crippen molar-refractivity contribution in [3.63, 3.8) is 0 Å². The summed E-state index contributed by atoms with van der Waals surface area (Å²) in [6.07, 6.45) is 0.439. The summed E-state index contributed by atoms with van der Waals surface area (Å²) in [6.45, 7) is 5.07. The fourth-order valence-electron chi connectivity index (χ4n) is 0.998. The lowest BCUT2D eigenvalue weighted by molar-refractivity contribution is -0.128. The second-order valence-corrected chi connectivity index (χ2v) is 3.35. The van der Waals surface area contributed by atoms with E-state index in [1.165, 1.54) is 0 Å². The van der Waals surface area contributed by atoms with Crippen LogP contribution in [-0.4, -0.2) is 30.7 Å². The lowest BCUT2D eigenvalue weighted by atomic mass is 10.0. The summed E-state index contributed by atoms with van der Waals surface area (Å²) < 4.78 is 0. The zero-order valence-electron chi connectivity index (χ0n) is 8.66. The largest absolute Gasteiger partial charge is 0.350 e. The van der Waals surface area contributed by atoms with Crippen LogP contribution in [0.4, 0.5) is 0 Å². The Balaban J connectivity index is 3.93. The molecule has 0 aliphatic carbocycles. The van der Waals surface area contributed by atoms with E-state index in [2.05, 4.69) is 10.6 Å². The second-order valence-electron chi connectivity index (χ2n) is 3.35. The zero-order valence-corrected chi connectivity index (χ0v) is 8.66. The summed E-state index contributed by atoms with van der Waals surface area (Å²) in [5.41, 5.74) is 0. The van der Waals surface area contributed by atoms with Gasteiger partial charge in [-0.25, -0.2) is 0 Å². The van der Waals surface area contributed by atoms with E-state index in [1.54, 1.807) is 20.8 Å². The molecule has 0 rings (SSSR count). The van der Waals surface area contributed by atoms with Crippen molar-refractivity contribution < 1.29 is 14.4 Å². The molecular weight excluding hydrogens is 184 g/mol. The van der Waals surface area contributed by atoms with Gasteiger partial charge in [0.1, 0.15) is 0 Å². The molecule has 0 aliphatic rings. The van der Waals surface area contributed by atoms with Gasteiger partial charge in [-0.2, -0.15) is 0 Å². The summed E-state index contributed by atoms with van der Waals surface area (Å²) in [5.74, 6) is -0.493. The summed E-state index contributed by atoms with van der Waals surface area (Å²) in [4.78, 5) is 32.3. The molecule has 0 saturated heterocycles. The summed E-state index contributed by atoms with van der Waals surface area (Å²) in [6, 6.07) is -0.504. The Morgan fingerprint density at radius 2 is 1.86 bits per heavy atom. The zero-order chi connectivity index (χ0) is 11.1. The minimum Gasteiger partial charge on any atom is -0.350 e. The number of carbonyl (C=O) groups excluding carboxylic acids is 3. The SMILES string of the molecule is CC(C)C(=O)C(C)NC(=O)CNC=O. The van der Waals surface area contributed by atoms with E-state index in [4.69, 9.17) is 0 Å². The Hall–Kier alpha value is -1.39. The third-order valence-electron chi connectivity index (χ3n) is 1.72. The van der Waals surface area contributed by atoms with E-state index < -0.39 is 6.04 Å². The van der Waals surface area contributed by atoms with E-state index >= 15 is 0 Å². The highest BCUT2D eigenvalue weighted by Crippen LogP contribution is 1.98. The quantitative estimate of drug-likeness (QED) is 0.565. The van der Waals surface area contributed by atoms with Gasteiger partial charge >= 0.3 is 0 Å². The van der Waals surface area contributed by atoms with Crippen LogP contribution in [0.5, 0.6) is 0 Å². The van der Waals surface area contributed by atoms with Gasteiger partial charge in [0.15, 0.2) is 5.78 Å². The molecule has 1 unspecified atom stereocenters. The van der Waals surface area contributed by atoms with Gasteiger partial charge in [0.05, 0.1) is 12.6 Å². The highest BCUT2D eigenvalue weighted by atomic mass is 16.2. The van der Waals surface area contributed by atoms with Gasteiger partial charge in [-0.05, 0) is 6.92 Å². The van der Waals surface area contributed by atoms with Gasteiger partial charge in [0.2, 0.25) is 12.3 Å². The maximum atomic E-state index is 11.3. The maximum Gasteiger partial charge on any atom is 0.239 e. The van der Waals surface area contributed by atoms with Gasteiger partial charge in [-0.15, -0.1) is 0 Å². The number of hydrogen-bond acceptors (Lipinski definition) is 3. The molecule has 0 aromatic rings. The molecule has 5 nitrogen and oxygen atoms in total. The molecule has 0 aromatic heterocycles. The lowest BCUT2D eigenvalue weighted by Gasteiger charge is -2.14. The minimum atomic E-state index is -0.504. The van der Waals surface area contributed by atoms with Crippen LogP contribution in [0.15, 0.2) is 0 Å². The molecule has 0 aliphatic heterocycles. The predicted octanol–water partition coefficient (Wildman–Crippen LogP) is -0.538. The van der Waals surface area contributed by atoms with Gasteiger partial charge in [0.25, 0.3) is 0 Å². The Bertz CT molecular complexity index is 226. The van der Waals surface area contributed by atoms with E-state index in [9.17, 15) is 14.4 Å². The van der Waals surface area contributed by atoms with Crippen LogP contribution in [0.3, 0.4) is 0 Å². The van der Waals surface area contributed by atoms with Crippen molar-refractivity contribution in [2.45, 2.75) is 26.8 Å². The monoisotopic (exact) mass is 200 g/mol. The topological polar surface area (TPSA) is 75.3 Å². The predicted molar refractivity (Wildman–Crippen MR) is 51.5 cm³/mol. The molecule has 2 N–H and O–H groups in total. The first-order valence-corrected chi connectivity index (χ1v) is 4.49. The van der Waals surface area contributed by atoms with Crippen LogP contribution in [0.25, 0.3) is 0 Å². The van der Waals surface area contributed by atoms with Crippen molar-refractivity contribution in [3.8, 4) is 0 Å². The first-order valence-electron chi connectivity index (χ1n) is 4.49. The van der Waals surface area contributed by atoms with Crippen LogP contribution in [0, 0.1) is 5.92 Å². The maximum absolute atomic E-state index is 11.3. The van der Waals surface area contributed by atoms with Crippen molar-refractivity contribution >= 4 is 18.1 Å². The molecule has 0 saturated carbocycles. The van der Waals surface area contributed by atoms with Gasteiger partial charge < -0.3 is 10.6 Å². The molecule has 0 aromatic carbocycles. The molecular formula is C9H16N2O3. The third-order valence-corrected chi connectivity index (χ3v) is 1.72. The van der Waals surface area contributed by atoms with Crippen molar-refractivity contribution in [2.75, 3.05) is 6.54 Å². The molecule has 5 heteroatoms. The van der Waals surface area contributed by atoms with Crippen LogP contribution in [0.2, 0.25) is 0 Å². The average molecular weight is 200 g/mol. The minimum absolute atomic E-state index is 0.0237. The molecule has 0 heterocycles. The van der Waals surface area contributed by atoms with Crippen molar-refractivity contribution in [3.05, 3.63) is 0 Å². The van der Waals surface area contributed by atoms with Crippen LogP contribution >= 0.6 is 0 Å². The van der Waals surface area contributed by atoms with Crippen LogP contribution in [-0.2, 0) is 14.4 Å². The van der Waals surface area contributed by atoms with Crippen molar-refractivity contribution in [2.24, 2.45) is 5.92 Å². The molecule has 0 spiro atoms. The summed E-state index contributed by atoms with van der Waals surface area (Å²) >= 11 is 0. The second kappa shape index (κ2) is 6.12. The smallest absolute Gasteiger partial charge is 0.239 e. The first-order chi connectivity index (χ1) is 6.49. The van der Waals surface area contributed by atoms with E-state index in [0.29, 0.717) is 6.41 Å². The molecule has 1 atom stereocenters. The molecule has 14 heavy (non-hydrogen) atoms. The van der Waals surface area contributed by atoms with E-state index in [-0.39, 0.29) is 24.2 Å². The van der Waals surface area contributed by atoms with Gasteiger partial charge in [-0.3, -0.25) is 14.4 Å². The highest BCUT2D eigenvalue weighted by Gasteiger charge is 2.17. The van der Waals surface area contributed by atoms with Crippen molar-refractivity contribution in [1.29, 1.82) is 0 Å². The van der Waals surface area contributed by atoms with Gasteiger partial charge in [-0.1, -0.05) is 13.8 Å². The average Bonchev–Trinajstić information content (AvgIpc) is 2.13. The molecule has 80 valence electrons. The Kier molecular flexibility index (Phi) is 5.52. The number of hydrogen-bond donors (Lipinski definition) is 2. The lowest BCUT2D eigenvalue weighted by Crippen LogP contribution is -2.44. The first kappa shape index (κ1) is 12.6. The number of nitrogens with one attached hydrogen (secondary N) is 2. The van der Waals surface area contributed by atoms with Crippen LogP contribution < -0.4 is 10.6 Å². The summed E-state index contributed by atoms with van der Waals surface area (Å²) in [7, 11) is 0. The fourth-order valence-corrected chi connectivity index (χ4v) is 0.998. The Morgan fingerprint density at radius 1 is 1.29 bits per heavy atom. The molecule has 0 radical (unpaired) electrons. The highest BCUT2D eigenvalue weighted by molar-refractivity contribution is 5.90. The number of ketones is 1. The molecule has 0 fully saturated rings. The Morgan fingerprint density at radius 3 is 2.29 bits per heavy atom. The molecule has 0 bridgehead atoms. The number of Topliss-reactive ketones (excluding diaryl/α,β-unsaturated/α-hetero) is 1. The summed E-state index contributed by atoms with van der Waals surface area (Å²) in [5, 5.41) is 4.70. The Labute approximate surface area is 83.2 Å². The standard InChI is InChI=1S/C9H16N2O3/c1-6(2)9(14)7(3)11-8(13)4-10-5-12/h5-7H,4H2,1-3H3,(H,10,12)(H,11,13). The van der Waals surface area contributed by atoms with E-state index in [0.717, 1.165) is 0 Å². The van der Waals surface area contributed by atoms with Crippen molar-refractivity contribution in [1.82, 2.24) is 10.6 Å². The third kappa shape index (κ3) is 4.59. The van der Waals surface area contributed by atoms with E-state index in [1.807, 2.05) is 0 Å². The number of carbonyl (C=O) groups is 3. The normalized spacial score (nSPS) is 12.0. The number of rotatable bonds is 6. The molecule has 2 amide bonds. The number of amides is 2. The fraction of sp³-hybridized carbons (Fsp3) is 0.667.